The van der Waals surface area contributed by atoms with Crippen molar-refractivity contribution in [2.45, 2.75) is 20.3 Å². The first-order valence-corrected chi connectivity index (χ1v) is 6.88. The van der Waals surface area contributed by atoms with E-state index >= 15 is 0 Å². The number of benzene rings is 1. The molecule has 116 valence electrons. The molecule has 1 heterocycles. The monoisotopic (exact) mass is 304 g/mol. The lowest BCUT2D eigenvalue weighted by Crippen LogP contribution is -2.14. The van der Waals surface area contributed by atoms with E-state index in [1.54, 1.807) is 0 Å². The smallest absolute Gasteiger partial charge is 0.168 e. The Kier molecular flexibility index (Phi) is 4.75. The fourth-order valence-corrected chi connectivity index (χ4v) is 2.42. The molecular weight excluding hydrogens is 286 g/mol. The number of rotatable bonds is 4. The fraction of sp³-hybridized carbons (Fsp3) is 0.235. The maximum Gasteiger partial charge on any atom is 0.168 e. The van der Waals surface area contributed by atoms with Gasteiger partial charge in [-0.25, -0.2) is 13.8 Å². The van der Waals surface area contributed by atoms with E-state index in [2.05, 4.69) is 4.99 Å². The van der Waals surface area contributed by atoms with Crippen molar-refractivity contribution in [3.05, 3.63) is 58.8 Å². The largest absolute Gasteiger partial charge is 0.493 e. The van der Waals surface area contributed by atoms with Crippen LogP contribution in [0.25, 0.3) is 5.57 Å². The normalized spacial score (nSPS) is 16.8. The quantitative estimate of drug-likeness (QED) is 0.856. The Balaban J connectivity index is 2.58. The molecule has 2 rings (SSSR count). The lowest BCUT2D eigenvalue weighted by atomic mass is 9.93. The van der Waals surface area contributed by atoms with Gasteiger partial charge in [-0.3, -0.25) is 0 Å². The maximum atomic E-state index is 13.9. The van der Waals surface area contributed by atoms with Crippen LogP contribution in [0, 0.1) is 11.6 Å². The summed E-state index contributed by atoms with van der Waals surface area (Å²) in [4.78, 5) is 4.09. The van der Waals surface area contributed by atoms with Crippen LogP contribution in [-0.2, 0) is 0 Å². The van der Waals surface area contributed by atoms with Gasteiger partial charge in [0.15, 0.2) is 11.6 Å². The summed E-state index contributed by atoms with van der Waals surface area (Å²) in [6, 6.07) is 2.02. The van der Waals surface area contributed by atoms with E-state index in [9.17, 15) is 8.78 Å². The molecule has 0 fully saturated rings. The van der Waals surface area contributed by atoms with E-state index < -0.39 is 11.6 Å². The zero-order valence-corrected chi connectivity index (χ0v) is 12.8. The lowest BCUT2D eigenvalue weighted by molar-refractivity contribution is 0.383. The second-order valence-corrected chi connectivity index (χ2v) is 4.95. The number of ether oxygens (including phenoxy) is 1. The molecule has 0 radical (unpaired) electrons. The highest BCUT2D eigenvalue weighted by atomic mass is 19.1. The van der Waals surface area contributed by atoms with Gasteiger partial charge in [0.05, 0.1) is 7.11 Å². The highest BCUT2D eigenvalue weighted by molar-refractivity contribution is 6.15. The molecule has 5 heteroatoms. The number of methoxy groups -OCH3 is 1. The third kappa shape index (κ3) is 2.93. The molecule has 0 saturated carbocycles. The third-order valence-corrected chi connectivity index (χ3v) is 3.45. The number of hydrogen-bond acceptors (Lipinski definition) is 3. The third-order valence-electron chi connectivity index (χ3n) is 3.45. The predicted octanol–water partition coefficient (Wildman–Crippen LogP) is 3.97. The zero-order chi connectivity index (χ0) is 16.3. The van der Waals surface area contributed by atoms with Gasteiger partial charge in [-0.2, -0.15) is 0 Å². The van der Waals surface area contributed by atoms with Gasteiger partial charge in [0.2, 0.25) is 0 Å². The summed E-state index contributed by atoms with van der Waals surface area (Å²) in [5.74, 6) is -1.11. The van der Waals surface area contributed by atoms with Crippen LogP contribution in [-0.4, -0.2) is 12.9 Å². The van der Waals surface area contributed by atoms with Gasteiger partial charge >= 0.3 is 0 Å². The van der Waals surface area contributed by atoms with E-state index in [1.165, 1.54) is 19.4 Å². The van der Waals surface area contributed by atoms with Crippen molar-refractivity contribution in [2.24, 2.45) is 10.7 Å². The van der Waals surface area contributed by atoms with E-state index in [1.807, 2.05) is 26.0 Å². The number of allylic oxidation sites excluding steroid dienone is 3. The van der Waals surface area contributed by atoms with Crippen molar-refractivity contribution in [3.8, 4) is 5.75 Å². The molecule has 0 atom stereocenters. The number of nitrogens with zero attached hydrogens (tertiary/aromatic N) is 1. The minimum Gasteiger partial charge on any atom is -0.493 e. The molecule has 0 aromatic heterocycles. The maximum absolute atomic E-state index is 13.9. The van der Waals surface area contributed by atoms with E-state index in [0.717, 1.165) is 11.6 Å². The molecule has 22 heavy (non-hydrogen) atoms. The second-order valence-electron chi connectivity index (χ2n) is 4.95. The molecule has 1 aliphatic heterocycles. The summed E-state index contributed by atoms with van der Waals surface area (Å²) < 4.78 is 32.6. The minimum atomic E-state index is -0.755. The topological polar surface area (TPSA) is 47.6 Å². The van der Waals surface area contributed by atoms with Gasteiger partial charge in [-0.05, 0) is 26.3 Å². The second kappa shape index (κ2) is 6.56. The van der Waals surface area contributed by atoms with Gasteiger partial charge in [-0.1, -0.05) is 17.7 Å². The highest BCUT2D eigenvalue weighted by Gasteiger charge is 2.24. The predicted molar refractivity (Wildman–Crippen MR) is 84.6 cm³/mol. The molecule has 0 amide bonds. The van der Waals surface area contributed by atoms with Crippen molar-refractivity contribution in [1.82, 2.24) is 0 Å². The minimum absolute atomic E-state index is 0.0196. The summed E-state index contributed by atoms with van der Waals surface area (Å²) in [7, 11) is 1.34. The summed E-state index contributed by atoms with van der Waals surface area (Å²) >= 11 is 0. The van der Waals surface area contributed by atoms with E-state index in [-0.39, 0.29) is 5.75 Å². The Labute approximate surface area is 128 Å². The van der Waals surface area contributed by atoms with Crippen molar-refractivity contribution in [2.75, 3.05) is 7.11 Å². The average Bonchev–Trinajstić information content (AvgIpc) is 2.85. The molecule has 0 aliphatic carbocycles. The van der Waals surface area contributed by atoms with Gasteiger partial charge in [0.25, 0.3) is 0 Å². The van der Waals surface area contributed by atoms with Crippen LogP contribution in [0.5, 0.6) is 5.75 Å². The summed E-state index contributed by atoms with van der Waals surface area (Å²) in [6.45, 7) is 3.84. The Morgan fingerprint density at radius 2 is 2.09 bits per heavy atom. The molecule has 2 N–H and O–H groups in total. The zero-order valence-electron chi connectivity index (χ0n) is 12.8. The van der Waals surface area contributed by atoms with Gasteiger partial charge < -0.3 is 10.5 Å². The Bertz CT molecular complexity index is 716. The van der Waals surface area contributed by atoms with Crippen LogP contribution in [0.3, 0.4) is 0 Å². The standard InChI is InChI=1S/C17H18F2N2O/c1-4-5-6-10(2)15-13(9-21-17(15)20)12-7-11(18)8-14(19)16(12)22-3/h4-5,7-9H,6H2,1-3H3,(H2,20,21)/b5-4-,15-10+. The van der Waals surface area contributed by atoms with Crippen LogP contribution in [0.2, 0.25) is 0 Å². The first kappa shape index (κ1) is 15.9. The van der Waals surface area contributed by atoms with Crippen LogP contribution in [0.1, 0.15) is 25.8 Å². The number of halogens is 2. The average molecular weight is 304 g/mol. The highest BCUT2D eigenvalue weighted by Crippen LogP contribution is 2.38. The van der Waals surface area contributed by atoms with Crippen molar-refractivity contribution in [1.29, 1.82) is 0 Å². The van der Waals surface area contributed by atoms with Crippen molar-refractivity contribution < 1.29 is 13.5 Å². The number of amidine groups is 1. The van der Waals surface area contributed by atoms with Gasteiger partial charge in [-0.15, -0.1) is 0 Å². The molecule has 1 aromatic carbocycles. The first-order valence-electron chi connectivity index (χ1n) is 6.88. The first-order chi connectivity index (χ1) is 10.5. The van der Waals surface area contributed by atoms with Gasteiger partial charge in [0.1, 0.15) is 11.7 Å². The summed E-state index contributed by atoms with van der Waals surface area (Å²) in [6.07, 6.45) is 6.10. The van der Waals surface area contributed by atoms with E-state index in [4.69, 9.17) is 10.5 Å². The Morgan fingerprint density at radius 1 is 1.36 bits per heavy atom. The number of nitrogens with two attached hydrogens (primary N) is 1. The Morgan fingerprint density at radius 3 is 2.73 bits per heavy atom. The molecule has 1 aromatic rings. The van der Waals surface area contributed by atoms with Crippen LogP contribution < -0.4 is 10.5 Å². The molecule has 1 aliphatic rings. The molecule has 0 bridgehead atoms. The van der Waals surface area contributed by atoms with Gasteiger partial charge in [0, 0.05) is 29.0 Å². The van der Waals surface area contributed by atoms with Crippen molar-refractivity contribution >= 4 is 11.4 Å². The van der Waals surface area contributed by atoms with E-state index in [0.29, 0.717) is 29.0 Å². The molecular formula is C17H18F2N2O. The summed E-state index contributed by atoms with van der Waals surface area (Å²) in [5, 5.41) is 0. The molecule has 0 spiro atoms. The molecule has 0 unspecified atom stereocenters. The number of hydrogen-bond donors (Lipinski definition) is 1. The summed E-state index contributed by atoms with van der Waals surface area (Å²) in [5.41, 5.74) is 8.47. The van der Waals surface area contributed by atoms with Crippen molar-refractivity contribution in [3.63, 3.8) is 0 Å². The number of aliphatic imine (C=N–C) groups is 1. The lowest BCUT2D eigenvalue weighted by Gasteiger charge is -2.14. The van der Waals surface area contributed by atoms with Crippen LogP contribution in [0.15, 0.2) is 46.6 Å². The molecule has 3 nitrogen and oxygen atoms in total. The van der Waals surface area contributed by atoms with Crippen LogP contribution in [0.4, 0.5) is 8.78 Å². The van der Waals surface area contributed by atoms with Crippen LogP contribution >= 0.6 is 0 Å². The molecule has 0 saturated heterocycles. The Hall–Kier alpha value is -2.43. The SMILES string of the molecule is C/C=C\C/C(C)=C1\C(c2cc(F)cc(F)c2OC)=CN=C1N. The fourth-order valence-electron chi connectivity index (χ4n) is 2.42.